The summed E-state index contributed by atoms with van der Waals surface area (Å²) >= 11 is 1.79. The summed E-state index contributed by atoms with van der Waals surface area (Å²) in [6, 6.07) is 20.8. The molecule has 6 heteroatoms. The molecule has 0 aliphatic carbocycles. The molecule has 0 saturated heterocycles. The number of hydrogen-bond donors (Lipinski definition) is 1. The van der Waals surface area contributed by atoms with Gasteiger partial charge in [0, 0.05) is 23.4 Å². The minimum atomic E-state index is 0.932. The van der Waals surface area contributed by atoms with Gasteiger partial charge in [0.25, 0.3) is 0 Å². The standard InChI is InChI=1S/C22H23N5S/c1-4-10-18(11-5-1)20-21(19-12-6-2-7-13-19)26-22(25-20)28-15-9-3-8-14-27-17-23-16-24-27/h1-2,4-7,10-13,16-17H,3,8-9,14-15H2,(H,25,26). The zero-order valence-corrected chi connectivity index (χ0v) is 16.5. The van der Waals surface area contributed by atoms with Gasteiger partial charge >= 0.3 is 0 Å². The number of benzene rings is 2. The largest absolute Gasteiger partial charge is 0.332 e. The molecule has 0 saturated carbocycles. The number of aromatic nitrogens is 5. The van der Waals surface area contributed by atoms with Crippen LogP contribution in [0.25, 0.3) is 22.5 Å². The Balaban J connectivity index is 1.39. The lowest BCUT2D eigenvalue weighted by atomic mass is 10.1. The molecule has 0 fully saturated rings. The highest BCUT2D eigenvalue weighted by Crippen LogP contribution is 2.32. The predicted octanol–water partition coefficient (Wildman–Crippen LogP) is 5.30. The van der Waals surface area contributed by atoms with Gasteiger partial charge < -0.3 is 4.98 Å². The van der Waals surface area contributed by atoms with Crippen molar-refractivity contribution >= 4 is 11.8 Å². The fraction of sp³-hybridized carbons (Fsp3) is 0.227. The average molecular weight is 390 g/mol. The summed E-state index contributed by atoms with van der Waals surface area (Å²) < 4.78 is 1.89. The van der Waals surface area contributed by atoms with Gasteiger partial charge in [0.1, 0.15) is 12.7 Å². The third kappa shape index (κ3) is 4.70. The van der Waals surface area contributed by atoms with Crippen molar-refractivity contribution in [1.82, 2.24) is 24.7 Å². The molecule has 1 N–H and O–H groups in total. The number of thioether (sulfide) groups is 1. The van der Waals surface area contributed by atoms with Gasteiger partial charge in [-0.1, -0.05) is 78.8 Å². The van der Waals surface area contributed by atoms with Gasteiger partial charge in [-0.25, -0.2) is 9.97 Å². The Morgan fingerprint density at radius 3 is 2.32 bits per heavy atom. The summed E-state index contributed by atoms with van der Waals surface area (Å²) in [5.74, 6) is 1.05. The van der Waals surface area contributed by atoms with Crippen LogP contribution in [0.15, 0.2) is 78.5 Å². The smallest absolute Gasteiger partial charge is 0.166 e. The molecular weight excluding hydrogens is 366 g/mol. The van der Waals surface area contributed by atoms with E-state index in [-0.39, 0.29) is 0 Å². The zero-order valence-electron chi connectivity index (χ0n) is 15.7. The van der Waals surface area contributed by atoms with E-state index in [1.807, 2.05) is 16.8 Å². The van der Waals surface area contributed by atoms with Crippen LogP contribution in [0.1, 0.15) is 19.3 Å². The van der Waals surface area contributed by atoms with Crippen molar-refractivity contribution in [2.75, 3.05) is 5.75 Å². The van der Waals surface area contributed by atoms with E-state index in [4.69, 9.17) is 4.98 Å². The summed E-state index contributed by atoms with van der Waals surface area (Å²) in [4.78, 5) is 12.4. The number of aryl methyl sites for hydroxylation is 1. The Kier molecular flexibility index (Phi) is 6.19. The monoisotopic (exact) mass is 389 g/mol. The molecule has 4 aromatic rings. The summed E-state index contributed by atoms with van der Waals surface area (Å²) in [6.07, 6.45) is 6.80. The highest BCUT2D eigenvalue weighted by atomic mass is 32.2. The van der Waals surface area contributed by atoms with Gasteiger partial charge in [0.05, 0.1) is 11.4 Å². The Morgan fingerprint density at radius 2 is 1.61 bits per heavy atom. The number of nitrogens with zero attached hydrogens (tertiary/aromatic N) is 4. The molecule has 0 atom stereocenters. The van der Waals surface area contributed by atoms with Gasteiger partial charge in [-0.2, -0.15) is 5.10 Å². The second kappa shape index (κ2) is 9.37. The Morgan fingerprint density at radius 1 is 0.857 bits per heavy atom. The lowest BCUT2D eigenvalue weighted by Gasteiger charge is -2.02. The summed E-state index contributed by atoms with van der Waals surface area (Å²) in [5, 5.41) is 5.12. The molecule has 2 heterocycles. The Labute approximate surface area is 169 Å². The van der Waals surface area contributed by atoms with Crippen LogP contribution in [0.4, 0.5) is 0 Å². The van der Waals surface area contributed by atoms with Crippen molar-refractivity contribution in [3.8, 4) is 22.5 Å². The lowest BCUT2D eigenvalue weighted by molar-refractivity contribution is 0.553. The second-order valence-electron chi connectivity index (χ2n) is 6.57. The number of rotatable bonds is 9. The van der Waals surface area contributed by atoms with Gasteiger partial charge in [-0.15, -0.1) is 0 Å². The van der Waals surface area contributed by atoms with Crippen LogP contribution >= 0.6 is 11.8 Å². The number of aromatic amines is 1. The van der Waals surface area contributed by atoms with Crippen molar-refractivity contribution in [3.05, 3.63) is 73.3 Å². The third-order valence-corrected chi connectivity index (χ3v) is 5.49. The fourth-order valence-corrected chi connectivity index (χ4v) is 3.98. The third-order valence-electron chi connectivity index (χ3n) is 4.53. The molecule has 0 bridgehead atoms. The molecule has 0 spiro atoms. The molecule has 2 aromatic heterocycles. The van der Waals surface area contributed by atoms with Crippen molar-refractivity contribution in [3.63, 3.8) is 0 Å². The molecule has 4 rings (SSSR count). The van der Waals surface area contributed by atoms with E-state index in [0.717, 1.165) is 52.8 Å². The number of H-pyrrole nitrogens is 1. The minimum absolute atomic E-state index is 0.932. The molecule has 5 nitrogen and oxygen atoms in total. The fourth-order valence-electron chi connectivity index (χ4n) is 3.11. The first-order chi connectivity index (χ1) is 13.9. The maximum absolute atomic E-state index is 4.90. The van der Waals surface area contributed by atoms with Crippen LogP contribution in [0, 0.1) is 0 Å². The SMILES string of the molecule is c1ccc(-c2nc(SCCCCCn3cncn3)[nH]c2-c2ccccc2)cc1. The van der Waals surface area contributed by atoms with Crippen LogP contribution in [-0.4, -0.2) is 30.5 Å². The van der Waals surface area contributed by atoms with E-state index in [1.165, 1.54) is 6.42 Å². The van der Waals surface area contributed by atoms with Crippen LogP contribution < -0.4 is 0 Å². The average Bonchev–Trinajstić information content (AvgIpc) is 3.42. The predicted molar refractivity (Wildman–Crippen MR) is 114 cm³/mol. The molecule has 0 radical (unpaired) electrons. The molecule has 2 aromatic carbocycles. The van der Waals surface area contributed by atoms with Crippen molar-refractivity contribution in [2.45, 2.75) is 31.0 Å². The zero-order chi connectivity index (χ0) is 19.0. The number of hydrogen-bond acceptors (Lipinski definition) is 4. The van der Waals surface area contributed by atoms with Gasteiger partial charge in [0.2, 0.25) is 0 Å². The normalized spacial score (nSPS) is 11.0. The molecule has 28 heavy (non-hydrogen) atoms. The molecule has 0 aliphatic heterocycles. The van der Waals surface area contributed by atoms with Gasteiger partial charge in [-0.05, 0) is 12.8 Å². The Hall–Kier alpha value is -2.86. The van der Waals surface area contributed by atoms with Crippen LogP contribution in [0.5, 0.6) is 0 Å². The molecule has 0 amide bonds. The number of imidazole rings is 1. The number of nitrogens with one attached hydrogen (secondary N) is 1. The van der Waals surface area contributed by atoms with Crippen molar-refractivity contribution in [2.24, 2.45) is 0 Å². The highest BCUT2D eigenvalue weighted by molar-refractivity contribution is 7.99. The van der Waals surface area contributed by atoms with E-state index in [1.54, 1.807) is 24.4 Å². The Bertz CT molecular complexity index is 908. The lowest BCUT2D eigenvalue weighted by Crippen LogP contribution is -1.98. The van der Waals surface area contributed by atoms with Crippen molar-refractivity contribution < 1.29 is 0 Å². The summed E-state index contributed by atoms with van der Waals surface area (Å²) in [7, 11) is 0. The molecule has 0 aliphatic rings. The van der Waals surface area contributed by atoms with Crippen LogP contribution in [0.3, 0.4) is 0 Å². The summed E-state index contributed by atoms with van der Waals surface area (Å²) in [5.41, 5.74) is 4.40. The minimum Gasteiger partial charge on any atom is -0.332 e. The van der Waals surface area contributed by atoms with E-state index in [0.29, 0.717) is 0 Å². The van der Waals surface area contributed by atoms with Crippen LogP contribution in [-0.2, 0) is 6.54 Å². The van der Waals surface area contributed by atoms with Crippen molar-refractivity contribution in [1.29, 1.82) is 0 Å². The first-order valence-corrected chi connectivity index (χ1v) is 10.5. The first-order valence-electron chi connectivity index (χ1n) is 9.56. The molecule has 0 unspecified atom stereocenters. The first kappa shape index (κ1) is 18.5. The van der Waals surface area contributed by atoms with Gasteiger partial charge in [-0.3, -0.25) is 4.68 Å². The van der Waals surface area contributed by atoms with E-state index in [2.05, 4.69) is 63.6 Å². The molecular formula is C22H23N5S. The quantitative estimate of drug-likeness (QED) is 0.312. The second-order valence-corrected chi connectivity index (χ2v) is 7.65. The van der Waals surface area contributed by atoms with Crippen LogP contribution in [0.2, 0.25) is 0 Å². The van der Waals surface area contributed by atoms with E-state index >= 15 is 0 Å². The maximum atomic E-state index is 4.90. The summed E-state index contributed by atoms with van der Waals surface area (Å²) in [6.45, 7) is 0.932. The number of unbranched alkanes of at least 4 members (excludes halogenated alkanes) is 2. The van der Waals surface area contributed by atoms with E-state index in [9.17, 15) is 0 Å². The van der Waals surface area contributed by atoms with E-state index < -0.39 is 0 Å². The maximum Gasteiger partial charge on any atom is 0.166 e. The highest BCUT2D eigenvalue weighted by Gasteiger charge is 2.14. The molecule has 142 valence electrons. The van der Waals surface area contributed by atoms with Gasteiger partial charge in [0.15, 0.2) is 5.16 Å². The topological polar surface area (TPSA) is 59.4 Å².